The third kappa shape index (κ3) is 2.70. The standard InChI is InChI=1S/C12H12FNO5S/c13-8-2-1-7(9(5-8)10(15)16)6-14-11(17)12(3-4-12)20(18)19/h1-2,5H,3-4,6H2,(H,14,17)(H,15,16)(H,18,19)/p-1. The second-order valence-corrected chi connectivity index (χ2v) is 5.77. The van der Waals surface area contributed by atoms with Crippen molar-refractivity contribution in [1.82, 2.24) is 5.32 Å². The Morgan fingerprint density at radius 2 is 2.10 bits per heavy atom. The van der Waals surface area contributed by atoms with Crippen LogP contribution in [0.25, 0.3) is 0 Å². The van der Waals surface area contributed by atoms with Gasteiger partial charge in [0.05, 0.1) is 5.56 Å². The summed E-state index contributed by atoms with van der Waals surface area (Å²) in [5.74, 6) is -2.68. The first kappa shape index (κ1) is 14.6. The van der Waals surface area contributed by atoms with E-state index >= 15 is 0 Å². The van der Waals surface area contributed by atoms with Gasteiger partial charge >= 0.3 is 5.97 Å². The molecule has 1 aliphatic rings. The Morgan fingerprint density at radius 1 is 1.45 bits per heavy atom. The van der Waals surface area contributed by atoms with Crippen LogP contribution >= 0.6 is 0 Å². The van der Waals surface area contributed by atoms with Gasteiger partial charge in [-0.2, -0.15) is 0 Å². The molecule has 1 unspecified atom stereocenters. The Bertz CT molecular complexity index is 600. The Labute approximate surface area is 116 Å². The molecule has 8 heteroatoms. The van der Waals surface area contributed by atoms with Gasteiger partial charge in [-0.15, -0.1) is 0 Å². The van der Waals surface area contributed by atoms with Gasteiger partial charge in [-0.3, -0.25) is 9.00 Å². The fraction of sp³-hybridized carbons (Fsp3) is 0.333. The second kappa shape index (κ2) is 5.29. The number of carboxylic acid groups (broad SMARTS) is 1. The smallest absolute Gasteiger partial charge is 0.336 e. The summed E-state index contributed by atoms with van der Waals surface area (Å²) in [6.45, 7) is -0.167. The normalized spacial score (nSPS) is 17.3. The average Bonchev–Trinajstić information content (AvgIpc) is 3.18. The minimum absolute atomic E-state index is 0.167. The average molecular weight is 300 g/mol. The summed E-state index contributed by atoms with van der Waals surface area (Å²) >= 11 is -2.51. The maximum atomic E-state index is 13.0. The molecule has 2 N–H and O–H groups in total. The number of carboxylic acids is 1. The lowest BCUT2D eigenvalue weighted by molar-refractivity contribution is -0.121. The van der Waals surface area contributed by atoms with Crippen molar-refractivity contribution >= 4 is 23.0 Å². The van der Waals surface area contributed by atoms with E-state index in [-0.39, 0.29) is 30.5 Å². The minimum atomic E-state index is -2.51. The fourth-order valence-electron chi connectivity index (χ4n) is 1.82. The molecule has 1 aromatic rings. The topological polar surface area (TPSA) is 107 Å². The van der Waals surface area contributed by atoms with Crippen LogP contribution in [0, 0.1) is 5.82 Å². The van der Waals surface area contributed by atoms with Crippen LogP contribution < -0.4 is 5.32 Å². The zero-order valence-corrected chi connectivity index (χ0v) is 11.0. The first-order valence-corrected chi connectivity index (χ1v) is 6.84. The summed E-state index contributed by atoms with van der Waals surface area (Å²) in [6.07, 6.45) is 0.508. The van der Waals surface area contributed by atoms with E-state index in [9.17, 15) is 22.7 Å². The third-order valence-corrected chi connectivity index (χ3v) is 4.41. The van der Waals surface area contributed by atoms with Crippen LogP contribution in [-0.4, -0.2) is 30.5 Å². The molecule has 1 fully saturated rings. The van der Waals surface area contributed by atoms with Gasteiger partial charge in [-0.05, 0) is 41.6 Å². The summed E-state index contributed by atoms with van der Waals surface area (Å²) in [5, 5.41) is 11.3. The van der Waals surface area contributed by atoms with Crippen molar-refractivity contribution in [1.29, 1.82) is 0 Å². The highest BCUT2D eigenvalue weighted by atomic mass is 32.2. The SMILES string of the molecule is O=C(O)c1cc(F)ccc1CNC(=O)C1(S(=O)[O-])CC1. The molecular formula is C12H11FNO5S-. The predicted molar refractivity (Wildman–Crippen MR) is 66.1 cm³/mol. The summed E-state index contributed by atoms with van der Waals surface area (Å²) in [6, 6.07) is 3.17. The highest BCUT2D eigenvalue weighted by Gasteiger charge is 2.51. The van der Waals surface area contributed by atoms with Crippen LogP contribution in [0.1, 0.15) is 28.8 Å². The highest BCUT2D eigenvalue weighted by Crippen LogP contribution is 2.41. The molecule has 1 aliphatic carbocycles. The fourth-order valence-corrected chi connectivity index (χ4v) is 2.48. The van der Waals surface area contributed by atoms with E-state index in [4.69, 9.17) is 5.11 Å². The Morgan fingerprint density at radius 3 is 2.60 bits per heavy atom. The van der Waals surface area contributed by atoms with Gasteiger partial charge in [0.1, 0.15) is 10.6 Å². The Hall–Kier alpha value is -1.80. The van der Waals surface area contributed by atoms with Gasteiger partial charge < -0.3 is 15.0 Å². The Kier molecular flexibility index (Phi) is 3.87. The number of aromatic carboxylic acids is 1. The first-order valence-electron chi connectivity index (χ1n) is 5.76. The molecule has 0 spiro atoms. The van der Waals surface area contributed by atoms with E-state index in [1.165, 1.54) is 6.07 Å². The summed E-state index contributed by atoms with van der Waals surface area (Å²) in [7, 11) is 0. The predicted octanol–water partition coefficient (Wildman–Crippen LogP) is 0.552. The lowest BCUT2D eigenvalue weighted by Gasteiger charge is -2.18. The van der Waals surface area contributed by atoms with Crippen molar-refractivity contribution < 1.29 is 27.8 Å². The molecule has 20 heavy (non-hydrogen) atoms. The van der Waals surface area contributed by atoms with Gasteiger partial charge in [0.2, 0.25) is 5.91 Å². The van der Waals surface area contributed by atoms with Crippen molar-refractivity contribution in [3.05, 3.63) is 35.1 Å². The molecule has 0 heterocycles. The molecule has 0 radical (unpaired) electrons. The molecule has 1 saturated carbocycles. The maximum absolute atomic E-state index is 13.0. The van der Waals surface area contributed by atoms with Gasteiger partial charge in [0, 0.05) is 6.54 Å². The van der Waals surface area contributed by atoms with E-state index in [0.29, 0.717) is 0 Å². The molecular weight excluding hydrogens is 289 g/mol. The summed E-state index contributed by atoms with van der Waals surface area (Å²) in [5.41, 5.74) is -0.0573. The van der Waals surface area contributed by atoms with Crippen LogP contribution in [0.4, 0.5) is 4.39 Å². The van der Waals surface area contributed by atoms with Gasteiger partial charge in [-0.25, -0.2) is 9.18 Å². The van der Waals surface area contributed by atoms with Crippen molar-refractivity contribution in [2.75, 3.05) is 0 Å². The number of benzene rings is 1. The monoisotopic (exact) mass is 300 g/mol. The van der Waals surface area contributed by atoms with Gasteiger partial charge in [0.25, 0.3) is 0 Å². The van der Waals surface area contributed by atoms with E-state index in [1.807, 2.05) is 0 Å². The molecule has 1 aromatic carbocycles. The molecule has 108 valence electrons. The van der Waals surface area contributed by atoms with Crippen molar-refractivity contribution in [2.24, 2.45) is 0 Å². The second-order valence-electron chi connectivity index (χ2n) is 4.52. The minimum Gasteiger partial charge on any atom is -0.772 e. The van der Waals surface area contributed by atoms with Crippen LogP contribution in [0.5, 0.6) is 0 Å². The zero-order valence-electron chi connectivity index (χ0n) is 10.2. The number of amides is 1. The van der Waals surface area contributed by atoms with E-state index in [1.54, 1.807) is 0 Å². The van der Waals surface area contributed by atoms with Crippen molar-refractivity contribution in [3.8, 4) is 0 Å². The molecule has 0 bridgehead atoms. The molecule has 1 amide bonds. The molecule has 1 atom stereocenters. The lowest BCUT2D eigenvalue weighted by atomic mass is 10.1. The Balaban J connectivity index is 2.10. The zero-order chi connectivity index (χ0) is 14.9. The summed E-state index contributed by atoms with van der Waals surface area (Å²) < 4.78 is 33.5. The lowest BCUT2D eigenvalue weighted by Crippen LogP contribution is -2.39. The number of hydrogen-bond donors (Lipinski definition) is 2. The molecule has 0 saturated heterocycles. The number of nitrogens with one attached hydrogen (secondary N) is 1. The highest BCUT2D eigenvalue weighted by molar-refractivity contribution is 7.82. The number of rotatable bonds is 5. The van der Waals surface area contributed by atoms with E-state index in [0.717, 1.165) is 12.1 Å². The molecule has 2 rings (SSSR count). The number of hydrogen-bond acceptors (Lipinski definition) is 4. The van der Waals surface area contributed by atoms with E-state index < -0.39 is 33.5 Å². The number of carbonyl (C=O) groups is 2. The molecule has 0 aromatic heterocycles. The maximum Gasteiger partial charge on any atom is 0.336 e. The van der Waals surface area contributed by atoms with Crippen LogP contribution in [0.3, 0.4) is 0 Å². The van der Waals surface area contributed by atoms with E-state index in [2.05, 4.69) is 5.32 Å². The van der Waals surface area contributed by atoms with Crippen LogP contribution in [-0.2, 0) is 22.4 Å². The molecule has 0 aliphatic heterocycles. The largest absolute Gasteiger partial charge is 0.772 e. The van der Waals surface area contributed by atoms with Crippen molar-refractivity contribution in [2.45, 2.75) is 24.1 Å². The van der Waals surface area contributed by atoms with Crippen LogP contribution in [0.2, 0.25) is 0 Å². The summed E-state index contributed by atoms with van der Waals surface area (Å²) in [4.78, 5) is 22.7. The third-order valence-electron chi connectivity index (χ3n) is 3.18. The first-order chi connectivity index (χ1) is 9.36. The molecule has 6 nitrogen and oxygen atoms in total. The number of carbonyl (C=O) groups excluding carboxylic acids is 1. The van der Waals surface area contributed by atoms with Gasteiger partial charge in [0.15, 0.2) is 0 Å². The quantitative estimate of drug-likeness (QED) is 0.772. The van der Waals surface area contributed by atoms with Crippen molar-refractivity contribution in [3.63, 3.8) is 0 Å². The van der Waals surface area contributed by atoms with Gasteiger partial charge in [-0.1, -0.05) is 6.07 Å². The van der Waals surface area contributed by atoms with Crippen LogP contribution in [0.15, 0.2) is 18.2 Å². The number of halogens is 1.